The number of esters is 1. The number of thiophene rings is 1. The van der Waals surface area contributed by atoms with E-state index in [1.54, 1.807) is 11.4 Å². The SMILES string of the molecule is COC(=O)c1sccc1NC(=O)CCc1ccc(F)c(F)c1. The van der Waals surface area contributed by atoms with E-state index < -0.39 is 17.6 Å². The summed E-state index contributed by atoms with van der Waals surface area (Å²) in [6, 6.07) is 5.12. The van der Waals surface area contributed by atoms with Gasteiger partial charge in [0, 0.05) is 6.42 Å². The Kier molecular flexibility index (Phi) is 5.21. The first-order chi connectivity index (χ1) is 10.5. The second-order valence-corrected chi connectivity index (χ2v) is 5.37. The number of carbonyl (C=O) groups is 2. The lowest BCUT2D eigenvalue weighted by atomic mass is 10.1. The molecule has 0 saturated carbocycles. The number of nitrogens with one attached hydrogen (secondary N) is 1. The summed E-state index contributed by atoms with van der Waals surface area (Å²) < 4.78 is 30.5. The Hall–Kier alpha value is -2.28. The lowest BCUT2D eigenvalue weighted by Crippen LogP contribution is -2.14. The third-order valence-corrected chi connectivity index (χ3v) is 3.83. The lowest BCUT2D eigenvalue weighted by Gasteiger charge is -2.06. The second-order valence-electron chi connectivity index (χ2n) is 4.45. The Morgan fingerprint density at radius 3 is 2.68 bits per heavy atom. The van der Waals surface area contributed by atoms with Crippen molar-refractivity contribution in [2.45, 2.75) is 12.8 Å². The predicted octanol–water partition coefficient (Wildman–Crippen LogP) is 3.38. The molecule has 1 heterocycles. The molecule has 0 aliphatic rings. The van der Waals surface area contributed by atoms with E-state index >= 15 is 0 Å². The zero-order valence-corrected chi connectivity index (χ0v) is 12.5. The number of aryl methyl sites for hydroxylation is 1. The molecule has 1 amide bonds. The molecule has 0 unspecified atom stereocenters. The number of hydrogen-bond donors (Lipinski definition) is 1. The van der Waals surface area contributed by atoms with E-state index in [1.807, 2.05) is 0 Å². The zero-order chi connectivity index (χ0) is 16.1. The van der Waals surface area contributed by atoms with Crippen molar-refractivity contribution in [2.75, 3.05) is 12.4 Å². The monoisotopic (exact) mass is 325 g/mol. The third kappa shape index (κ3) is 3.88. The highest BCUT2D eigenvalue weighted by Crippen LogP contribution is 2.23. The maximum Gasteiger partial charge on any atom is 0.350 e. The summed E-state index contributed by atoms with van der Waals surface area (Å²) in [5.74, 6) is -2.71. The number of ether oxygens (including phenoxy) is 1. The number of halogens is 2. The molecule has 0 bridgehead atoms. The molecule has 0 fully saturated rings. The van der Waals surface area contributed by atoms with Crippen molar-refractivity contribution in [3.63, 3.8) is 0 Å². The van der Waals surface area contributed by atoms with Crippen molar-refractivity contribution in [1.82, 2.24) is 0 Å². The van der Waals surface area contributed by atoms with E-state index in [2.05, 4.69) is 10.1 Å². The fourth-order valence-electron chi connectivity index (χ4n) is 1.82. The van der Waals surface area contributed by atoms with Crippen LogP contribution in [0.5, 0.6) is 0 Å². The van der Waals surface area contributed by atoms with Crippen LogP contribution in [0.15, 0.2) is 29.6 Å². The van der Waals surface area contributed by atoms with Crippen molar-refractivity contribution in [3.05, 3.63) is 51.7 Å². The Bertz CT molecular complexity index is 700. The number of carbonyl (C=O) groups excluding carboxylic acids is 2. The number of hydrogen-bond acceptors (Lipinski definition) is 4. The van der Waals surface area contributed by atoms with Crippen LogP contribution in [0.3, 0.4) is 0 Å². The standard InChI is InChI=1S/C15H13F2NO3S/c1-21-15(20)14-12(6-7-22-14)18-13(19)5-3-9-2-4-10(16)11(17)8-9/h2,4,6-8H,3,5H2,1H3,(H,18,19). The molecule has 1 N–H and O–H groups in total. The zero-order valence-electron chi connectivity index (χ0n) is 11.7. The van der Waals surface area contributed by atoms with Crippen LogP contribution in [-0.2, 0) is 16.0 Å². The van der Waals surface area contributed by atoms with Crippen molar-refractivity contribution in [3.8, 4) is 0 Å². The van der Waals surface area contributed by atoms with Crippen LogP contribution in [0, 0.1) is 11.6 Å². The molecule has 116 valence electrons. The van der Waals surface area contributed by atoms with Gasteiger partial charge in [0.2, 0.25) is 5.91 Å². The van der Waals surface area contributed by atoms with Gasteiger partial charge in [-0.3, -0.25) is 4.79 Å². The second kappa shape index (κ2) is 7.13. The molecular weight excluding hydrogens is 312 g/mol. The van der Waals surface area contributed by atoms with Crippen LogP contribution in [-0.4, -0.2) is 19.0 Å². The van der Waals surface area contributed by atoms with Gasteiger partial charge in [0.15, 0.2) is 11.6 Å². The summed E-state index contributed by atoms with van der Waals surface area (Å²) in [6.07, 6.45) is 0.349. The molecule has 4 nitrogen and oxygen atoms in total. The largest absolute Gasteiger partial charge is 0.465 e. The van der Waals surface area contributed by atoms with E-state index in [9.17, 15) is 18.4 Å². The van der Waals surface area contributed by atoms with Crippen LogP contribution in [0.1, 0.15) is 21.7 Å². The Balaban J connectivity index is 1.95. The first-order valence-corrected chi connectivity index (χ1v) is 7.29. The van der Waals surface area contributed by atoms with Gasteiger partial charge in [-0.2, -0.15) is 0 Å². The molecule has 0 aliphatic heterocycles. The van der Waals surface area contributed by atoms with Gasteiger partial charge in [0.25, 0.3) is 0 Å². The molecule has 1 aromatic heterocycles. The van der Waals surface area contributed by atoms with E-state index in [1.165, 1.54) is 13.2 Å². The Morgan fingerprint density at radius 2 is 2.00 bits per heavy atom. The minimum Gasteiger partial charge on any atom is -0.465 e. The van der Waals surface area contributed by atoms with Crippen molar-refractivity contribution in [2.24, 2.45) is 0 Å². The first kappa shape index (κ1) is 16.1. The molecule has 2 rings (SSSR count). The fourth-order valence-corrected chi connectivity index (χ4v) is 2.59. The molecule has 0 aliphatic carbocycles. The minimum atomic E-state index is -0.941. The first-order valence-electron chi connectivity index (χ1n) is 6.41. The van der Waals surface area contributed by atoms with Gasteiger partial charge >= 0.3 is 5.97 Å². The quantitative estimate of drug-likeness (QED) is 0.858. The summed E-state index contributed by atoms with van der Waals surface area (Å²) in [5, 5.41) is 4.27. The average Bonchev–Trinajstić information content (AvgIpc) is 2.95. The van der Waals surface area contributed by atoms with Gasteiger partial charge < -0.3 is 10.1 Å². The molecule has 0 spiro atoms. The van der Waals surface area contributed by atoms with Gasteiger partial charge in [0.05, 0.1) is 12.8 Å². The maximum atomic E-state index is 13.1. The number of methoxy groups -OCH3 is 1. The predicted molar refractivity (Wildman–Crippen MR) is 79.0 cm³/mol. The lowest BCUT2D eigenvalue weighted by molar-refractivity contribution is -0.116. The molecular formula is C15H13F2NO3S. The number of amides is 1. The maximum absolute atomic E-state index is 13.1. The smallest absolute Gasteiger partial charge is 0.350 e. The highest BCUT2D eigenvalue weighted by Gasteiger charge is 2.15. The van der Waals surface area contributed by atoms with Gasteiger partial charge in [-0.05, 0) is 35.6 Å². The van der Waals surface area contributed by atoms with Crippen LogP contribution in [0.25, 0.3) is 0 Å². The molecule has 0 radical (unpaired) electrons. The summed E-state index contributed by atoms with van der Waals surface area (Å²) in [6.45, 7) is 0. The highest BCUT2D eigenvalue weighted by molar-refractivity contribution is 7.12. The highest BCUT2D eigenvalue weighted by atomic mass is 32.1. The molecule has 0 saturated heterocycles. The number of anilines is 1. The van der Waals surface area contributed by atoms with E-state index in [4.69, 9.17) is 0 Å². The van der Waals surface area contributed by atoms with Gasteiger partial charge in [0.1, 0.15) is 4.88 Å². The van der Waals surface area contributed by atoms with E-state index in [-0.39, 0.29) is 18.7 Å². The number of benzene rings is 1. The molecule has 2 aromatic rings. The normalized spacial score (nSPS) is 10.3. The average molecular weight is 325 g/mol. The van der Waals surface area contributed by atoms with Crippen molar-refractivity contribution >= 4 is 28.9 Å². The van der Waals surface area contributed by atoms with Crippen LogP contribution >= 0.6 is 11.3 Å². The topological polar surface area (TPSA) is 55.4 Å². The Morgan fingerprint density at radius 1 is 1.23 bits per heavy atom. The van der Waals surface area contributed by atoms with Gasteiger partial charge in [-0.25, -0.2) is 13.6 Å². The van der Waals surface area contributed by atoms with Crippen molar-refractivity contribution < 1.29 is 23.1 Å². The minimum absolute atomic E-state index is 0.0849. The van der Waals surface area contributed by atoms with E-state index in [0.717, 1.165) is 23.5 Å². The van der Waals surface area contributed by atoms with Crippen LogP contribution in [0.4, 0.5) is 14.5 Å². The summed E-state index contributed by atoms with van der Waals surface area (Å²) >= 11 is 1.16. The molecule has 7 heteroatoms. The van der Waals surface area contributed by atoms with Crippen LogP contribution < -0.4 is 5.32 Å². The molecule has 1 aromatic carbocycles. The molecule has 0 atom stereocenters. The molecule has 22 heavy (non-hydrogen) atoms. The summed E-state index contributed by atoms with van der Waals surface area (Å²) in [4.78, 5) is 23.7. The summed E-state index contributed by atoms with van der Waals surface area (Å²) in [7, 11) is 1.26. The van der Waals surface area contributed by atoms with Crippen LogP contribution in [0.2, 0.25) is 0 Å². The summed E-state index contributed by atoms with van der Waals surface area (Å²) in [5.41, 5.74) is 0.902. The van der Waals surface area contributed by atoms with E-state index in [0.29, 0.717) is 16.1 Å². The Labute approximate surface area is 129 Å². The van der Waals surface area contributed by atoms with Gasteiger partial charge in [-0.15, -0.1) is 11.3 Å². The van der Waals surface area contributed by atoms with Crippen molar-refractivity contribution in [1.29, 1.82) is 0 Å². The fraction of sp³-hybridized carbons (Fsp3) is 0.200. The number of rotatable bonds is 5. The van der Waals surface area contributed by atoms with Gasteiger partial charge in [-0.1, -0.05) is 6.07 Å². The third-order valence-electron chi connectivity index (χ3n) is 2.93.